The van der Waals surface area contributed by atoms with Gasteiger partial charge in [-0.3, -0.25) is 4.40 Å². The number of nitrogens with zero attached hydrogens (tertiary/aromatic N) is 5. The van der Waals surface area contributed by atoms with Crippen molar-refractivity contribution < 1.29 is 26.4 Å². The van der Waals surface area contributed by atoms with Gasteiger partial charge in [-0.05, 0) is 32.8 Å². The second-order valence-corrected chi connectivity index (χ2v) is 10.1. The molecule has 5 rings (SSSR count). The molecule has 1 N–H and O–H groups in total. The molecule has 1 aliphatic heterocycles. The third-order valence-electron chi connectivity index (χ3n) is 5.69. The summed E-state index contributed by atoms with van der Waals surface area (Å²) < 4.78 is 67.1. The lowest BCUT2D eigenvalue weighted by Crippen LogP contribution is -2.41. The Morgan fingerprint density at radius 2 is 2.09 bits per heavy atom. The van der Waals surface area contributed by atoms with Crippen LogP contribution in [0, 0.1) is 0 Å². The maximum absolute atomic E-state index is 13.2. The fraction of sp³-hybridized carbons (Fsp3) is 0.526. The van der Waals surface area contributed by atoms with Crippen molar-refractivity contribution in [3.05, 3.63) is 24.4 Å². The number of aromatic nitrogens is 4. The number of hydrogen-bond donors (Lipinski definition) is 1. The first-order valence-corrected chi connectivity index (χ1v) is 11.7. The molecular weight excluding hydrogens is 446 g/mol. The van der Waals surface area contributed by atoms with Crippen LogP contribution in [0.5, 0.6) is 0 Å². The quantitative estimate of drug-likeness (QED) is 0.587. The van der Waals surface area contributed by atoms with E-state index in [4.69, 9.17) is 9.15 Å². The Labute approximate surface area is 182 Å². The molecule has 0 amide bonds. The van der Waals surface area contributed by atoms with Gasteiger partial charge in [0, 0.05) is 24.8 Å². The number of pyridine rings is 1. The Morgan fingerprint density at radius 1 is 1.31 bits per heavy atom. The van der Waals surface area contributed by atoms with Crippen LogP contribution in [-0.4, -0.2) is 59.3 Å². The number of halogens is 2. The highest BCUT2D eigenvalue weighted by atomic mass is 32.2. The highest BCUT2D eigenvalue weighted by Gasteiger charge is 2.41. The number of hydrogen-bond acceptors (Lipinski definition) is 8. The minimum Gasteiger partial charge on any atom is -0.412 e. The molecule has 1 saturated heterocycles. The van der Waals surface area contributed by atoms with Crippen LogP contribution in [0.3, 0.4) is 0 Å². The molecule has 3 aromatic heterocycles. The number of sulfonamides is 1. The number of morpholine rings is 1. The molecule has 13 heteroatoms. The summed E-state index contributed by atoms with van der Waals surface area (Å²) >= 11 is 0. The molecule has 2 aliphatic rings. The lowest BCUT2D eigenvalue weighted by Gasteiger charge is -2.33. The van der Waals surface area contributed by atoms with Crippen LogP contribution >= 0.6 is 0 Å². The second kappa shape index (κ2) is 7.46. The first-order valence-electron chi connectivity index (χ1n) is 10.2. The van der Waals surface area contributed by atoms with Gasteiger partial charge >= 0.3 is 6.43 Å². The van der Waals surface area contributed by atoms with E-state index in [1.54, 1.807) is 6.07 Å². The van der Waals surface area contributed by atoms with E-state index in [0.29, 0.717) is 30.9 Å². The fourth-order valence-electron chi connectivity index (χ4n) is 3.74. The number of rotatable bonds is 6. The number of ether oxygens (including phenoxy) is 1. The summed E-state index contributed by atoms with van der Waals surface area (Å²) in [4.78, 5) is 6.32. The number of nitrogens with one attached hydrogen (secondary N) is 1. The predicted molar refractivity (Wildman–Crippen MR) is 109 cm³/mol. The van der Waals surface area contributed by atoms with Crippen LogP contribution in [0.1, 0.15) is 39.0 Å². The molecule has 4 heterocycles. The first kappa shape index (κ1) is 21.2. The van der Waals surface area contributed by atoms with E-state index in [0.717, 1.165) is 12.8 Å². The van der Waals surface area contributed by atoms with E-state index in [9.17, 15) is 17.2 Å². The van der Waals surface area contributed by atoms with Crippen LogP contribution in [0.25, 0.3) is 17.2 Å². The van der Waals surface area contributed by atoms with Crippen LogP contribution in [0.4, 0.5) is 14.5 Å². The van der Waals surface area contributed by atoms with Crippen molar-refractivity contribution in [2.75, 3.05) is 24.6 Å². The molecule has 0 unspecified atom stereocenters. The molecule has 3 aromatic rings. The fourth-order valence-corrected chi connectivity index (χ4v) is 5.22. The van der Waals surface area contributed by atoms with E-state index >= 15 is 0 Å². The molecule has 2 fully saturated rings. The zero-order chi connectivity index (χ0) is 22.7. The van der Waals surface area contributed by atoms with Crippen LogP contribution < -0.4 is 9.62 Å². The molecule has 1 aliphatic carbocycles. The number of anilines is 1. The minimum atomic E-state index is -3.85. The van der Waals surface area contributed by atoms with Gasteiger partial charge in [0.1, 0.15) is 4.90 Å². The standard InChI is InChI=1S/C19H22F2N6O4S/c1-11-9-26(5-6-30-11)13-7-12(32(28,29)25-19(2)3-4-19)10-27-14(13)8-22-16(27)18-24-23-17(31-18)15(20)21/h7-8,10-11,15,25H,3-6,9H2,1-2H3/t11-/m1/s1. The Bertz CT molecular complexity index is 1270. The monoisotopic (exact) mass is 468 g/mol. The lowest BCUT2D eigenvalue weighted by atomic mass is 10.2. The van der Waals surface area contributed by atoms with Gasteiger partial charge in [-0.25, -0.2) is 18.1 Å². The summed E-state index contributed by atoms with van der Waals surface area (Å²) in [5, 5.41) is 7.02. The second-order valence-electron chi connectivity index (χ2n) is 8.44. The van der Waals surface area contributed by atoms with E-state index in [1.807, 2.05) is 18.7 Å². The summed E-state index contributed by atoms with van der Waals surface area (Å²) in [6.45, 7) is 5.39. The Morgan fingerprint density at radius 3 is 2.75 bits per heavy atom. The van der Waals surface area contributed by atoms with Crippen molar-refractivity contribution >= 4 is 21.2 Å². The predicted octanol–water partition coefficient (Wildman–Crippen LogP) is 2.38. The van der Waals surface area contributed by atoms with Crippen molar-refractivity contribution in [2.24, 2.45) is 0 Å². The molecule has 10 nitrogen and oxygen atoms in total. The Kier molecular flexibility index (Phi) is 4.94. The molecule has 32 heavy (non-hydrogen) atoms. The largest absolute Gasteiger partial charge is 0.412 e. The van der Waals surface area contributed by atoms with E-state index in [1.165, 1.54) is 16.8 Å². The molecule has 0 aromatic carbocycles. The minimum absolute atomic E-state index is 0.0279. The average Bonchev–Trinajstić information content (AvgIpc) is 3.14. The molecule has 0 spiro atoms. The molecular formula is C19H22F2N6O4S. The van der Waals surface area contributed by atoms with Gasteiger partial charge in [-0.1, -0.05) is 0 Å². The smallest absolute Gasteiger partial charge is 0.314 e. The normalized spacial score (nSPS) is 20.9. The van der Waals surface area contributed by atoms with Gasteiger partial charge in [0.25, 0.3) is 11.8 Å². The van der Waals surface area contributed by atoms with E-state index in [-0.39, 0.29) is 22.7 Å². The van der Waals surface area contributed by atoms with Crippen LogP contribution in [0.2, 0.25) is 0 Å². The number of imidazole rings is 1. The zero-order valence-electron chi connectivity index (χ0n) is 17.5. The summed E-state index contributed by atoms with van der Waals surface area (Å²) in [7, 11) is -3.85. The van der Waals surface area contributed by atoms with Crippen LogP contribution in [0.15, 0.2) is 27.8 Å². The van der Waals surface area contributed by atoms with Gasteiger partial charge in [0.2, 0.25) is 15.8 Å². The van der Waals surface area contributed by atoms with Gasteiger partial charge < -0.3 is 14.1 Å². The van der Waals surface area contributed by atoms with Crippen molar-refractivity contribution in [3.8, 4) is 11.7 Å². The molecule has 0 bridgehead atoms. The molecule has 1 atom stereocenters. The Hall–Kier alpha value is -2.64. The highest BCUT2D eigenvalue weighted by molar-refractivity contribution is 7.89. The topological polar surface area (TPSA) is 115 Å². The maximum Gasteiger partial charge on any atom is 0.314 e. The highest BCUT2D eigenvalue weighted by Crippen LogP contribution is 2.37. The van der Waals surface area contributed by atoms with Gasteiger partial charge in [-0.15, -0.1) is 10.2 Å². The summed E-state index contributed by atoms with van der Waals surface area (Å²) in [6.07, 6.45) is 1.48. The van der Waals surface area contributed by atoms with Crippen LogP contribution in [-0.2, 0) is 14.8 Å². The van der Waals surface area contributed by atoms with E-state index < -0.39 is 27.9 Å². The van der Waals surface area contributed by atoms with Gasteiger partial charge in [0.05, 0.1) is 30.1 Å². The summed E-state index contributed by atoms with van der Waals surface area (Å²) in [5.74, 6) is -0.971. The number of fused-ring (bicyclic) bond motifs is 1. The van der Waals surface area contributed by atoms with Crippen molar-refractivity contribution in [1.82, 2.24) is 24.3 Å². The van der Waals surface area contributed by atoms with Crippen molar-refractivity contribution in [2.45, 2.75) is 49.7 Å². The average molecular weight is 468 g/mol. The third-order valence-corrected chi connectivity index (χ3v) is 7.29. The third kappa shape index (κ3) is 3.84. The SMILES string of the molecule is C[C@@H]1CN(c2cc(S(=O)(=O)NC3(C)CC3)cn3c(-c4nnc(C(F)F)o4)ncc23)CCO1. The van der Waals surface area contributed by atoms with Crippen molar-refractivity contribution in [1.29, 1.82) is 0 Å². The molecule has 0 radical (unpaired) electrons. The Balaban J connectivity index is 1.66. The lowest BCUT2D eigenvalue weighted by molar-refractivity contribution is 0.0533. The molecule has 1 saturated carbocycles. The molecule has 172 valence electrons. The summed E-state index contributed by atoms with van der Waals surface area (Å²) in [6, 6.07) is 1.60. The van der Waals surface area contributed by atoms with Crippen molar-refractivity contribution in [3.63, 3.8) is 0 Å². The van der Waals surface area contributed by atoms with E-state index in [2.05, 4.69) is 19.9 Å². The maximum atomic E-state index is 13.2. The number of alkyl halides is 2. The zero-order valence-corrected chi connectivity index (χ0v) is 18.3. The summed E-state index contributed by atoms with van der Waals surface area (Å²) in [5.41, 5.74) is 0.761. The first-order chi connectivity index (χ1) is 15.2. The van der Waals surface area contributed by atoms with Gasteiger partial charge in [0.15, 0.2) is 0 Å². The van der Waals surface area contributed by atoms with Gasteiger partial charge in [-0.2, -0.15) is 8.78 Å².